The minimum Gasteiger partial charge on any atom is -0.495 e. The summed E-state index contributed by atoms with van der Waals surface area (Å²) in [5.41, 5.74) is 3.50. The van der Waals surface area contributed by atoms with E-state index in [4.69, 9.17) is 9.84 Å². The van der Waals surface area contributed by atoms with Gasteiger partial charge in [-0.25, -0.2) is 0 Å². The van der Waals surface area contributed by atoms with Gasteiger partial charge in [0.1, 0.15) is 5.75 Å². The third-order valence-corrected chi connectivity index (χ3v) is 2.97. The van der Waals surface area contributed by atoms with E-state index in [9.17, 15) is 0 Å². The zero-order chi connectivity index (χ0) is 11.7. The van der Waals surface area contributed by atoms with Crippen molar-refractivity contribution in [1.29, 1.82) is 0 Å². The van der Waals surface area contributed by atoms with Gasteiger partial charge in [-0.05, 0) is 30.5 Å². The zero-order valence-corrected chi connectivity index (χ0v) is 9.95. The molecule has 0 atom stereocenters. The van der Waals surface area contributed by atoms with Crippen molar-refractivity contribution in [3.63, 3.8) is 0 Å². The summed E-state index contributed by atoms with van der Waals surface area (Å²) >= 11 is 0. The average Bonchev–Trinajstić information content (AvgIpc) is 2.59. The Morgan fingerprint density at radius 3 is 2.75 bits per heavy atom. The summed E-state index contributed by atoms with van der Waals surface area (Å²) in [6.45, 7) is 2.26. The molecular formula is C13H17NO2. The summed E-state index contributed by atoms with van der Waals surface area (Å²) in [5, 5.41) is 10.3. The van der Waals surface area contributed by atoms with Gasteiger partial charge in [0.15, 0.2) is 0 Å². The first-order valence-electron chi connectivity index (χ1n) is 5.41. The van der Waals surface area contributed by atoms with Gasteiger partial charge in [0.05, 0.1) is 12.6 Å². The molecule has 3 heteroatoms. The summed E-state index contributed by atoms with van der Waals surface area (Å²) in [4.78, 5) is 0. The number of benzene rings is 1. The van der Waals surface area contributed by atoms with Crippen molar-refractivity contribution in [1.82, 2.24) is 4.57 Å². The maximum absolute atomic E-state index is 9.07. The maximum Gasteiger partial charge on any atom is 0.143 e. The summed E-state index contributed by atoms with van der Waals surface area (Å²) in [5.74, 6) is 0.882. The highest BCUT2D eigenvalue weighted by Crippen LogP contribution is 2.32. The lowest BCUT2D eigenvalue weighted by molar-refractivity contribution is 0.300. The first-order chi connectivity index (χ1) is 7.69. The van der Waals surface area contributed by atoms with E-state index in [1.807, 2.05) is 13.1 Å². The van der Waals surface area contributed by atoms with Crippen LogP contribution in [0.5, 0.6) is 5.75 Å². The molecule has 0 aliphatic carbocycles. The molecule has 0 saturated carbocycles. The monoisotopic (exact) mass is 219 g/mol. The van der Waals surface area contributed by atoms with Crippen LogP contribution in [0.25, 0.3) is 10.9 Å². The summed E-state index contributed by atoms with van der Waals surface area (Å²) in [7, 11) is 3.69. The van der Waals surface area contributed by atoms with Gasteiger partial charge in [0.25, 0.3) is 0 Å². The van der Waals surface area contributed by atoms with Crippen molar-refractivity contribution in [2.24, 2.45) is 7.05 Å². The van der Waals surface area contributed by atoms with Crippen molar-refractivity contribution in [3.8, 4) is 5.75 Å². The number of methoxy groups -OCH3 is 1. The fraction of sp³-hybridized carbons (Fsp3) is 0.385. The molecule has 0 radical (unpaired) electrons. The van der Waals surface area contributed by atoms with Crippen LogP contribution in [-0.2, 0) is 13.5 Å². The molecule has 86 valence electrons. The number of aliphatic hydroxyl groups is 1. The molecule has 1 aromatic heterocycles. The van der Waals surface area contributed by atoms with Gasteiger partial charge in [-0.15, -0.1) is 0 Å². The molecule has 1 heterocycles. The van der Waals surface area contributed by atoms with Crippen LogP contribution in [0.15, 0.2) is 18.3 Å². The van der Waals surface area contributed by atoms with Crippen LogP contribution in [0.2, 0.25) is 0 Å². The third-order valence-electron chi connectivity index (χ3n) is 2.97. The van der Waals surface area contributed by atoms with E-state index in [0.717, 1.165) is 11.3 Å². The Balaban J connectivity index is 2.77. The van der Waals surface area contributed by atoms with E-state index in [0.29, 0.717) is 6.42 Å². The average molecular weight is 219 g/mol. The smallest absolute Gasteiger partial charge is 0.143 e. The molecule has 0 spiro atoms. The molecule has 0 saturated heterocycles. The normalized spacial score (nSPS) is 11.0. The molecule has 3 nitrogen and oxygen atoms in total. The van der Waals surface area contributed by atoms with Gasteiger partial charge in [-0.2, -0.15) is 0 Å². The number of aryl methyl sites for hydroxylation is 2. The van der Waals surface area contributed by atoms with Gasteiger partial charge in [0.2, 0.25) is 0 Å². The quantitative estimate of drug-likeness (QED) is 0.857. The van der Waals surface area contributed by atoms with Crippen LogP contribution in [0, 0.1) is 6.92 Å². The molecule has 0 unspecified atom stereocenters. The van der Waals surface area contributed by atoms with Crippen LogP contribution in [0.3, 0.4) is 0 Å². The number of hydrogen-bond donors (Lipinski definition) is 1. The first-order valence-corrected chi connectivity index (χ1v) is 5.41. The minimum absolute atomic E-state index is 0.176. The molecule has 0 aliphatic rings. The fourth-order valence-electron chi connectivity index (χ4n) is 2.27. The van der Waals surface area contributed by atoms with Crippen LogP contribution >= 0.6 is 0 Å². The highest BCUT2D eigenvalue weighted by molar-refractivity contribution is 5.91. The molecular weight excluding hydrogens is 202 g/mol. The van der Waals surface area contributed by atoms with Gasteiger partial charge >= 0.3 is 0 Å². The number of aromatic nitrogens is 1. The number of rotatable bonds is 3. The number of fused-ring (bicyclic) bond motifs is 1. The van der Waals surface area contributed by atoms with E-state index in [2.05, 4.69) is 23.8 Å². The molecule has 1 aromatic carbocycles. The lowest BCUT2D eigenvalue weighted by Crippen LogP contribution is -1.91. The van der Waals surface area contributed by atoms with Gasteiger partial charge < -0.3 is 14.4 Å². The number of aliphatic hydroxyl groups excluding tert-OH is 1. The second-order valence-corrected chi connectivity index (χ2v) is 4.05. The molecule has 1 N–H and O–H groups in total. The van der Waals surface area contributed by atoms with Gasteiger partial charge in [0, 0.05) is 25.2 Å². The Hall–Kier alpha value is -1.48. The second kappa shape index (κ2) is 4.18. The van der Waals surface area contributed by atoms with E-state index in [1.54, 1.807) is 7.11 Å². The highest BCUT2D eigenvalue weighted by atomic mass is 16.5. The van der Waals surface area contributed by atoms with Crippen molar-refractivity contribution >= 4 is 10.9 Å². The summed E-state index contributed by atoms with van der Waals surface area (Å²) in [6.07, 6.45) is 2.75. The molecule has 2 aromatic rings. The first kappa shape index (κ1) is 11.0. The number of ether oxygens (including phenoxy) is 1. The Bertz CT molecular complexity index is 514. The summed E-state index contributed by atoms with van der Waals surface area (Å²) < 4.78 is 7.43. The number of nitrogens with zero attached hydrogens (tertiary/aromatic N) is 1. The van der Waals surface area contributed by atoms with Crippen molar-refractivity contribution in [2.45, 2.75) is 13.3 Å². The third kappa shape index (κ3) is 1.57. The van der Waals surface area contributed by atoms with E-state index in [-0.39, 0.29) is 6.61 Å². The molecule has 16 heavy (non-hydrogen) atoms. The predicted octanol–water partition coefficient (Wildman–Crippen LogP) is 2.03. The van der Waals surface area contributed by atoms with Crippen molar-refractivity contribution in [3.05, 3.63) is 29.5 Å². The Morgan fingerprint density at radius 1 is 1.38 bits per heavy atom. The Morgan fingerprint density at radius 2 is 2.12 bits per heavy atom. The highest BCUT2D eigenvalue weighted by Gasteiger charge is 2.12. The zero-order valence-electron chi connectivity index (χ0n) is 9.95. The molecule has 2 rings (SSSR count). The molecule has 0 amide bonds. The van der Waals surface area contributed by atoms with E-state index < -0.39 is 0 Å². The van der Waals surface area contributed by atoms with Crippen molar-refractivity contribution < 1.29 is 9.84 Å². The lowest BCUT2D eigenvalue weighted by atomic mass is 10.1. The minimum atomic E-state index is 0.176. The second-order valence-electron chi connectivity index (χ2n) is 4.05. The SMILES string of the molecule is COc1ccc(C)c2c(CCO)cn(C)c12. The Kier molecular flexibility index (Phi) is 2.88. The number of hydrogen-bond acceptors (Lipinski definition) is 2. The van der Waals surface area contributed by atoms with Crippen LogP contribution < -0.4 is 4.74 Å². The van der Waals surface area contributed by atoms with Gasteiger partial charge in [-0.3, -0.25) is 0 Å². The van der Waals surface area contributed by atoms with Crippen LogP contribution in [-0.4, -0.2) is 23.4 Å². The van der Waals surface area contributed by atoms with E-state index in [1.165, 1.54) is 16.5 Å². The maximum atomic E-state index is 9.07. The largest absolute Gasteiger partial charge is 0.495 e. The topological polar surface area (TPSA) is 34.4 Å². The van der Waals surface area contributed by atoms with Gasteiger partial charge in [-0.1, -0.05) is 6.07 Å². The van der Waals surface area contributed by atoms with Crippen LogP contribution in [0.4, 0.5) is 0 Å². The van der Waals surface area contributed by atoms with E-state index >= 15 is 0 Å². The van der Waals surface area contributed by atoms with Crippen LogP contribution in [0.1, 0.15) is 11.1 Å². The predicted molar refractivity (Wildman–Crippen MR) is 65.0 cm³/mol. The summed E-state index contributed by atoms with van der Waals surface area (Å²) in [6, 6.07) is 4.04. The lowest BCUT2D eigenvalue weighted by Gasteiger charge is -2.07. The molecule has 0 fully saturated rings. The Labute approximate surface area is 95.3 Å². The van der Waals surface area contributed by atoms with Crippen molar-refractivity contribution in [2.75, 3.05) is 13.7 Å². The fourth-order valence-corrected chi connectivity index (χ4v) is 2.27. The standard InChI is InChI=1S/C13H17NO2/c1-9-4-5-11(16-3)13-12(9)10(6-7-15)8-14(13)2/h4-5,8,15H,6-7H2,1-3H3. The molecule has 0 aliphatic heterocycles. The molecule has 0 bridgehead atoms.